The number of carbonyl (C=O) groups is 1. The number of likely N-dealkylation sites (tertiary alicyclic amines) is 1. The summed E-state index contributed by atoms with van der Waals surface area (Å²) in [6.45, 7) is 6.37. The number of para-hydroxylation sites is 2. The smallest absolute Gasteiger partial charge is 0.271 e. The first-order chi connectivity index (χ1) is 12.7. The molecule has 1 N–H and O–H groups in total. The molecule has 0 aromatic heterocycles. The molecule has 0 radical (unpaired) electrons. The number of hydrogen-bond acceptors (Lipinski definition) is 3. The molecule has 4 rings (SSSR count). The Bertz CT molecular complexity index is 655. The van der Waals surface area contributed by atoms with Gasteiger partial charge in [0.1, 0.15) is 5.70 Å². The number of amides is 1. The molecule has 0 unspecified atom stereocenters. The highest BCUT2D eigenvalue weighted by Crippen LogP contribution is 2.37. The lowest BCUT2D eigenvalue weighted by Gasteiger charge is -2.44. The lowest BCUT2D eigenvalue weighted by Crippen LogP contribution is -2.50. The first kappa shape index (κ1) is 17.6. The van der Waals surface area contributed by atoms with E-state index in [0.29, 0.717) is 11.7 Å². The zero-order valence-corrected chi connectivity index (χ0v) is 15.8. The van der Waals surface area contributed by atoms with Crippen molar-refractivity contribution in [2.24, 2.45) is 0 Å². The van der Waals surface area contributed by atoms with E-state index < -0.39 is 0 Å². The molecule has 2 heterocycles. The molecule has 0 spiro atoms. The molecule has 1 amide bonds. The fourth-order valence-electron chi connectivity index (χ4n) is 4.96. The molecule has 2 aliphatic heterocycles. The van der Waals surface area contributed by atoms with Gasteiger partial charge in [-0.05, 0) is 37.8 Å². The van der Waals surface area contributed by atoms with Crippen molar-refractivity contribution in [2.75, 3.05) is 23.3 Å². The van der Waals surface area contributed by atoms with Gasteiger partial charge in [-0.1, -0.05) is 50.8 Å². The molecule has 1 aromatic carbocycles. The molecule has 1 aliphatic carbocycles. The van der Waals surface area contributed by atoms with Gasteiger partial charge in [-0.15, -0.1) is 0 Å². The van der Waals surface area contributed by atoms with Gasteiger partial charge in [-0.3, -0.25) is 4.79 Å². The van der Waals surface area contributed by atoms with Gasteiger partial charge in [0.2, 0.25) is 0 Å². The predicted molar refractivity (Wildman–Crippen MR) is 107 cm³/mol. The summed E-state index contributed by atoms with van der Waals surface area (Å²) in [5.74, 6) is -0.0638. The minimum atomic E-state index is -0.0638. The SMILES string of the molecule is C=C1C(=O)Nc2ccccc2N1C1CCN(C2CCCCCCC2)CC1. The molecule has 2 fully saturated rings. The van der Waals surface area contributed by atoms with Gasteiger partial charge in [0, 0.05) is 25.2 Å². The maximum absolute atomic E-state index is 12.3. The monoisotopic (exact) mass is 353 g/mol. The van der Waals surface area contributed by atoms with Crippen molar-refractivity contribution < 1.29 is 4.79 Å². The van der Waals surface area contributed by atoms with Crippen LogP contribution in [0.2, 0.25) is 0 Å². The van der Waals surface area contributed by atoms with Crippen LogP contribution >= 0.6 is 0 Å². The molecule has 1 aromatic rings. The van der Waals surface area contributed by atoms with E-state index in [1.165, 1.54) is 44.9 Å². The van der Waals surface area contributed by atoms with Gasteiger partial charge in [0.25, 0.3) is 5.91 Å². The van der Waals surface area contributed by atoms with E-state index in [1.807, 2.05) is 18.2 Å². The second-order valence-electron chi connectivity index (χ2n) is 8.05. The van der Waals surface area contributed by atoms with Crippen LogP contribution in [0.5, 0.6) is 0 Å². The van der Waals surface area contributed by atoms with Gasteiger partial charge in [-0.25, -0.2) is 0 Å². The number of rotatable bonds is 2. The number of hydrogen-bond donors (Lipinski definition) is 1. The number of piperidine rings is 1. The van der Waals surface area contributed by atoms with Crippen molar-refractivity contribution in [3.63, 3.8) is 0 Å². The molecule has 0 atom stereocenters. The molecule has 3 aliphatic rings. The Hall–Kier alpha value is -1.81. The number of nitrogens with zero attached hydrogens (tertiary/aromatic N) is 2. The molecule has 4 heteroatoms. The molecule has 4 nitrogen and oxygen atoms in total. The van der Waals surface area contributed by atoms with Crippen LogP contribution in [0.15, 0.2) is 36.5 Å². The third-order valence-corrected chi connectivity index (χ3v) is 6.42. The average Bonchev–Trinajstić information content (AvgIpc) is 2.63. The topological polar surface area (TPSA) is 35.6 Å². The largest absolute Gasteiger partial charge is 0.333 e. The van der Waals surface area contributed by atoms with Gasteiger partial charge < -0.3 is 15.1 Å². The number of anilines is 2. The fourth-order valence-corrected chi connectivity index (χ4v) is 4.96. The van der Waals surface area contributed by atoms with Gasteiger partial charge >= 0.3 is 0 Å². The summed E-state index contributed by atoms with van der Waals surface area (Å²) in [5, 5.41) is 2.96. The summed E-state index contributed by atoms with van der Waals surface area (Å²) in [7, 11) is 0. The molecule has 0 bridgehead atoms. The van der Waals surface area contributed by atoms with Crippen LogP contribution in [-0.2, 0) is 4.79 Å². The van der Waals surface area contributed by atoms with Crippen LogP contribution < -0.4 is 10.2 Å². The van der Waals surface area contributed by atoms with E-state index in [9.17, 15) is 4.79 Å². The van der Waals surface area contributed by atoms with Crippen molar-refractivity contribution in [3.05, 3.63) is 36.5 Å². The lowest BCUT2D eigenvalue weighted by atomic mass is 9.92. The Labute approximate surface area is 157 Å². The van der Waals surface area contributed by atoms with Crippen molar-refractivity contribution in [1.82, 2.24) is 4.90 Å². The van der Waals surface area contributed by atoms with Crippen molar-refractivity contribution in [1.29, 1.82) is 0 Å². The maximum Gasteiger partial charge on any atom is 0.271 e. The first-order valence-corrected chi connectivity index (χ1v) is 10.4. The summed E-state index contributed by atoms with van der Waals surface area (Å²) in [4.78, 5) is 17.3. The van der Waals surface area contributed by atoms with E-state index >= 15 is 0 Å². The van der Waals surface area contributed by atoms with Gasteiger partial charge in [0.15, 0.2) is 0 Å². The van der Waals surface area contributed by atoms with Crippen LogP contribution in [0, 0.1) is 0 Å². The maximum atomic E-state index is 12.3. The number of benzene rings is 1. The van der Waals surface area contributed by atoms with E-state index in [-0.39, 0.29) is 5.91 Å². The summed E-state index contributed by atoms with van der Waals surface area (Å²) >= 11 is 0. The second-order valence-corrected chi connectivity index (χ2v) is 8.05. The zero-order chi connectivity index (χ0) is 17.9. The molecular formula is C22H31N3O. The van der Waals surface area contributed by atoms with Crippen LogP contribution in [0.4, 0.5) is 11.4 Å². The van der Waals surface area contributed by atoms with Crippen LogP contribution in [0.3, 0.4) is 0 Å². The highest BCUT2D eigenvalue weighted by atomic mass is 16.2. The normalized spacial score (nSPS) is 23.9. The number of nitrogens with one attached hydrogen (secondary N) is 1. The summed E-state index contributed by atoms with van der Waals surface area (Å²) in [6, 6.07) is 9.25. The average molecular weight is 354 g/mol. The number of fused-ring (bicyclic) bond motifs is 1. The second kappa shape index (κ2) is 7.83. The summed E-state index contributed by atoms with van der Waals surface area (Å²) in [6.07, 6.45) is 12.0. The van der Waals surface area contributed by atoms with Crippen molar-refractivity contribution in [3.8, 4) is 0 Å². The Morgan fingerprint density at radius 1 is 0.885 bits per heavy atom. The van der Waals surface area contributed by atoms with Gasteiger partial charge in [0.05, 0.1) is 11.4 Å². The van der Waals surface area contributed by atoms with E-state index in [1.54, 1.807) is 0 Å². The third kappa shape index (κ3) is 3.52. The van der Waals surface area contributed by atoms with E-state index in [2.05, 4.69) is 27.8 Å². The van der Waals surface area contributed by atoms with Crippen molar-refractivity contribution >= 4 is 17.3 Å². The lowest BCUT2D eigenvalue weighted by molar-refractivity contribution is -0.113. The first-order valence-electron chi connectivity index (χ1n) is 10.4. The zero-order valence-electron chi connectivity index (χ0n) is 15.8. The molecule has 1 saturated heterocycles. The highest BCUT2D eigenvalue weighted by Gasteiger charge is 2.34. The fraction of sp³-hybridized carbons (Fsp3) is 0.591. The Morgan fingerprint density at radius 3 is 2.27 bits per heavy atom. The van der Waals surface area contributed by atoms with Crippen LogP contribution in [0.25, 0.3) is 0 Å². The van der Waals surface area contributed by atoms with E-state index in [4.69, 9.17) is 0 Å². The molecule has 140 valence electrons. The molecular weight excluding hydrogens is 322 g/mol. The van der Waals surface area contributed by atoms with Crippen LogP contribution in [0.1, 0.15) is 57.8 Å². The quantitative estimate of drug-likeness (QED) is 0.793. The summed E-state index contributed by atoms with van der Waals surface area (Å²) < 4.78 is 0. The third-order valence-electron chi connectivity index (χ3n) is 6.42. The number of carbonyl (C=O) groups excluding carboxylic acids is 1. The van der Waals surface area contributed by atoms with E-state index in [0.717, 1.165) is 43.3 Å². The Kier molecular flexibility index (Phi) is 5.30. The minimum absolute atomic E-state index is 0.0638. The minimum Gasteiger partial charge on any atom is -0.333 e. The standard InChI is InChI=1S/C22H31N3O/c1-17-22(26)23-20-11-7-8-12-21(20)25(17)19-13-15-24(16-14-19)18-9-5-3-2-4-6-10-18/h7-8,11-12,18-19H,1-6,9-10,13-16H2,(H,23,26). The van der Waals surface area contributed by atoms with Gasteiger partial charge in [-0.2, -0.15) is 0 Å². The molecule has 1 saturated carbocycles. The predicted octanol–water partition coefficient (Wildman–Crippen LogP) is 4.54. The Balaban J connectivity index is 1.44. The van der Waals surface area contributed by atoms with Crippen LogP contribution in [-0.4, -0.2) is 36.0 Å². The Morgan fingerprint density at radius 2 is 1.54 bits per heavy atom. The highest BCUT2D eigenvalue weighted by molar-refractivity contribution is 6.11. The van der Waals surface area contributed by atoms with Crippen molar-refractivity contribution in [2.45, 2.75) is 69.9 Å². The summed E-state index contributed by atoms with van der Waals surface area (Å²) in [5.41, 5.74) is 2.60. The molecule has 26 heavy (non-hydrogen) atoms.